The number of sulfonamides is 1. The third-order valence-electron chi connectivity index (χ3n) is 4.16. The summed E-state index contributed by atoms with van der Waals surface area (Å²) in [5.74, 6) is -1.18. The van der Waals surface area contributed by atoms with E-state index in [9.17, 15) is 22.8 Å². The molecule has 0 spiro atoms. The molecule has 1 aliphatic carbocycles. The summed E-state index contributed by atoms with van der Waals surface area (Å²) in [6.45, 7) is -0.0518. The minimum Gasteiger partial charge on any atom is -0.352 e. The number of allylic oxidation sites excluding steroid dienone is 4. The Balaban J connectivity index is 1.50. The van der Waals surface area contributed by atoms with Crippen molar-refractivity contribution in [1.82, 2.24) is 19.6 Å². The highest BCUT2D eigenvalue weighted by molar-refractivity contribution is 7.93. The van der Waals surface area contributed by atoms with Crippen molar-refractivity contribution in [1.29, 1.82) is 0 Å². The summed E-state index contributed by atoms with van der Waals surface area (Å²) in [5, 5.41) is 2.91. The number of halogens is 1. The van der Waals surface area contributed by atoms with Crippen LogP contribution in [0.15, 0.2) is 69.7 Å². The van der Waals surface area contributed by atoms with Gasteiger partial charge in [0.2, 0.25) is 5.91 Å². The Kier molecular flexibility index (Phi) is 6.48. The van der Waals surface area contributed by atoms with Crippen LogP contribution in [0.1, 0.15) is 23.2 Å². The second-order valence-corrected chi connectivity index (χ2v) is 8.51. The Hall–Kier alpha value is -3.24. The molecule has 2 amide bonds. The van der Waals surface area contributed by atoms with Gasteiger partial charge < -0.3 is 5.32 Å². The number of carbonyl (C=O) groups excluding carboxylic acids is 2. The van der Waals surface area contributed by atoms with Gasteiger partial charge in [0.25, 0.3) is 21.5 Å². The lowest BCUT2D eigenvalue weighted by Gasteiger charge is -2.09. The first-order chi connectivity index (χ1) is 14.3. The fourth-order valence-electron chi connectivity index (χ4n) is 2.64. The number of benzene rings is 1. The molecule has 1 aromatic carbocycles. The number of nitrogens with zero attached hydrogens (tertiary/aromatic N) is 2. The average molecular weight is 449 g/mol. The van der Waals surface area contributed by atoms with E-state index in [4.69, 9.17) is 11.6 Å². The normalized spacial score (nSPS) is 13.4. The number of rotatable bonds is 7. The maximum atomic E-state index is 12.2. The first kappa shape index (κ1) is 21.5. The van der Waals surface area contributed by atoms with Gasteiger partial charge in [0, 0.05) is 48.1 Å². The number of amides is 2. The van der Waals surface area contributed by atoms with Gasteiger partial charge in [-0.2, -0.15) is 0 Å². The molecule has 1 aromatic heterocycles. The van der Waals surface area contributed by atoms with Crippen LogP contribution < -0.4 is 15.6 Å². The Morgan fingerprint density at radius 3 is 2.53 bits per heavy atom. The van der Waals surface area contributed by atoms with E-state index in [0.29, 0.717) is 16.3 Å². The molecule has 0 aliphatic heterocycles. The average Bonchev–Trinajstić information content (AvgIpc) is 3.15. The van der Waals surface area contributed by atoms with E-state index >= 15 is 0 Å². The maximum Gasteiger partial charge on any atom is 0.273 e. The summed E-state index contributed by atoms with van der Waals surface area (Å²) >= 11 is 5.74. The number of carbonyl (C=O) groups is 2. The van der Waals surface area contributed by atoms with Crippen molar-refractivity contribution in [3.63, 3.8) is 0 Å². The molecule has 0 saturated heterocycles. The molecule has 9 nitrogen and oxygen atoms in total. The number of aromatic nitrogens is 2. The molecular formula is C19H17ClN4O5S. The van der Waals surface area contributed by atoms with E-state index in [0.717, 1.165) is 0 Å². The summed E-state index contributed by atoms with van der Waals surface area (Å²) in [4.78, 5) is 39.6. The summed E-state index contributed by atoms with van der Waals surface area (Å²) in [6.07, 6.45) is 6.78. The first-order valence-electron chi connectivity index (χ1n) is 8.78. The lowest BCUT2D eigenvalue weighted by Crippen LogP contribution is -2.34. The van der Waals surface area contributed by atoms with Gasteiger partial charge in [-0.15, -0.1) is 0 Å². The molecule has 0 radical (unpaired) electrons. The first-order valence-corrected chi connectivity index (χ1v) is 10.6. The molecule has 3 rings (SSSR count). The fraction of sp³-hybridized carbons (Fsp3) is 0.158. The molecule has 0 bridgehead atoms. The minimum atomic E-state index is -3.95. The van der Waals surface area contributed by atoms with Crippen molar-refractivity contribution in [2.45, 2.75) is 12.8 Å². The molecule has 156 valence electrons. The van der Waals surface area contributed by atoms with E-state index < -0.39 is 21.8 Å². The molecule has 0 fully saturated rings. The molecule has 1 heterocycles. The Labute approximate surface area is 177 Å². The molecule has 2 aromatic rings. The number of nitrogens with one attached hydrogen (secondary N) is 2. The quantitative estimate of drug-likeness (QED) is 0.655. The summed E-state index contributed by atoms with van der Waals surface area (Å²) in [7, 11) is -3.95. The van der Waals surface area contributed by atoms with Crippen LogP contribution in [-0.4, -0.2) is 36.3 Å². The van der Waals surface area contributed by atoms with Crippen molar-refractivity contribution < 1.29 is 18.0 Å². The Morgan fingerprint density at radius 2 is 1.90 bits per heavy atom. The summed E-state index contributed by atoms with van der Waals surface area (Å²) < 4.78 is 27.5. The van der Waals surface area contributed by atoms with Crippen LogP contribution in [0.4, 0.5) is 0 Å². The van der Waals surface area contributed by atoms with Crippen LogP contribution in [0, 0.1) is 0 Å². The van der Waals surface area contributed by atoms with Gasteiger partial charge in [-0.1, -0.05) is 11.6 Å². The van der Waals surface area contributed by atoms with Crippen molar-refractivity contribution in [2.24, 2.45) is 0 Å². The van der Waals surface area contributed by atoms with Crippen LogP contribution in [0.5, 0.6) is 0 Å². The number of hydrogen-bond acceptors (Lipinski definition) is 6. The van der Waals surface area contributed by atoms with Gasteiger partial charge in [0.1, 0.15) is 0 Å². The zero-order valence-electron chi connectivity index (χ0n) is 15.5. The third kappa shape index (κ3) is 5.22. The predicted octanol–water partition coefficient (Wildman–Crippen LogP) is 1.21. The topological polar surface area (TPSA) is 127 Å². The second-order valence-electron chi connectivity index (χ2n) is 6.29. The molecule has 11 heteroatoms. The Morgan fingerprint density at radius 1 is 1.17 bits per heavy atom. The summed E-state index contributed by atoms with van der Waals surface area (Å²) in [6, 6.07) is 6.27. The van der Waals surface area contributed by atoms with Gasteiger partial charge in [0.15, 0.2) is 0 Å². The Bertz CT molecular complexity index is 1200. The molecule has 30 heavy (non-hydrogen) atoms. The van der Waals surface area contributed by atoms with E-state index in [2.05, 4.69) is 10.3 Å². The zero-order valence-corrected chi connectivity index (χ0v) is 17.1. The van der Waals surface area contributed by atoms with Crippen LogP contribution in [0.2, 0.25) is 0 Å². The van der Waals surface area contributed by atoms with Crippen molar-refractivity contribution in [3.05, 3.63) is 80.9 Å². The number of hydrogen-bond donors (Lipinski definition) is 2. The van der Waals surface area contributed by atoms with E-state index in [1.807, 2.05) is 4.72 Å². The van der Waals surface area contributed by atoms with Crippen molar-refractivity contribution in [2.75, 3.05) is 6.54 Å². The summed E-state index contributed by atoms with van der Waals surface area (Å²) in [5.41, 5.74) is 0.590. The predicted molar refractivity (Wildman–Crippen MR) is 110 cm³/mol. The SMILES string of the molecule is O=C(CCNC(=O)c1ccc(-n2ccncc2=O)cc1)NS(=O)(=O)C1=CC=C(Cl)C1. The minimum absolute atomic E-state index is 0.0123. The molecule has 2 N–H and O–H groups in total. The van der Waals surface area contributed by atoms with E-state index in [1.165, 1.54) is 47.4 Å². The highest BCUT2D eigenvalue weighted by Crippen LogP contribution is 2.25. The lowest BCUT2D eigenvalue weighted by atomic mass is 10.2. The van der Waals surface area contributed by atoms with Crippen LogP contribution in [-0.2, 0) is 14.8 Å². The van der Waals surface area contributed by atoms with E-state index in [1.54, 1.807) is 12.1 Å². The van der Waals surface area contributed by atoms with Gasteiger partial charge in [-0.05, 0) is 36.4 Å². The van der Waals surface area contributed by atoms with Crippen LogP contribution in [0.3, 0.4) is 0 Å². The third-order valence-corrected chi connectivity index (χ3v) is 5.88. The fourth-order valence-corrected chi connectivity index (χ4v) is 4.06. The van der Waals surface area contributed by atoms with Gasteiger partial charge in [0.05, 0.1) is 11.1 Å². The van der Waals surface area contributed by atoms with Gasteiger partial charge in [-0.3, -0.25) is 23.9 Å². The molecule has 0 unspecified atom stereocenters. The van der Waals surface area contributed by atoms with Crippen LogP contribution >= 0.6 is 11.6 Å². The van der Waals surface area contributed by atoms with Gasteiger partial charge in [-0.25, -0.2) is 13.1 Å². The van der Waals surface area contributed by atoms with Gasteiger partial charge >= 0.3 is 0 Å². The highest BCUT2D eigenvalue weighted by Gasteiger charge is 2.23. The smallest absolute Gasteiger partial charge is 0.273 e. The highest BCUT2D eigenvalue weighted by atomic mass is 35.5. The van der Waals surface area contributed by atoms with Crippen molar-refractivity contribution >= 4 is 33.4 Å². The van der Waals surface area contributed by atoms with Crippen molar-refractivity contribution in [3.8, 4) is 5.69 Å². The molecular weight excluding hydrogens is 432 g/mol. The molecule has 0 atom stereocenters. The maximum absolute atomic E-state index is 12.2. The monoisotopic (exact) mass is 448 g/mol. The molecule has 0 saturated carbocycles. The largest absolute Gasteiger partial charge is 0.352 e. The zero-order chi connectivity index (χ0) is 21.7. The second kappa shape index (κ2) is 9.06. The van der Waals surface area contributed by atoms with E-state index in [-0.39, 0.29) is 29.9 Å². The van der Waals surface area contributed by atoms with Crippen LogP contribution in [0.25, 0.3) is 5.69 Å². The lowest BCUT2D eigenvalue weighted by molar-refractivity contribution is -0.119. The standard InChI is InChI=1S/C19H17ClN4O5S/c20-14-3-6-16(11-14)30(28,29)23-17(25)7-8-22-19(27)13-1-4-15(5-2-13)24-10-9-21-12-18(24)26/h1-6,9-10,12H,7-8,11H2,(H,22,27)(H,23,25). The molecule has 1 aliphatic rings.